The minimum Gasteiger partial charge on any atom is -0.353 e. The Morgan fingerprint density at radius 2 is 1.77 bits per heavy atom. The highest BCUT2D eigenvalue weighted by atomic mass is 127. The number of anilines is 1. The molecule has 3 heterocycles. The van der Waals surface area contributed by atoms with Crippen LogP contribution in [0, 0.1) is 0 Å². The molecular formula is C23H31IN6O. The molecule has 1 aromatic carbocycles. The zero-order valence-corrected chi connectivity index (χ0v) is 20.4. The van der Waals surface area contributed by atoms with E-state index in [4.69, 9.17) is 0 Å². The molecule has 31 heavy (non-hydrogen) atoms. The second kappa shape index (κ2) is 11.3. The van der Waals surface area contributed by atoms with Gasteiger partial charge in [-0.2, -0.15) is 0 Å². The number of guanidine groups is 1. The fraction of sp³-hybridized carbons (Fsp3) is 0.435. The molecule has 0 atom stereocenters. The van der Waals surface area contributed by atoms with Gasteiger partial charge in [0, 0.05) is 65.5 Å². The number of halogens is 1. The molecule has 1 amide bonds. The number of hydrogen-bond acceptors (Lipinski definition) is 4. The van der Waals surface area contributed by atoms with Gasteiger partial charge in [-0.1, -0.05) is 30.3 Å². The normalized spacial score (nSPS) is 17.0. The number of nitrogens with one attached hydrogen (secondary N) is 1. The quantitative estimate of drug-likeness (QED) is 0.363. The van der Waals surface area contributed by atoms with Crippen LogP contribution in [0.15, 0.2) is 53.7 Å². The summed E-state index contributed by atoms with van der Waals surface area (Å²) >= 11 is 0. The van der Waals surface area contributed by atoms with Gasteiger partial charge >= 0.3 is 0 Å². The standard InChI is InChI=1S/C23H30N6O.HI/c1-24-23(28-15-13-27(14-16-28)21-9-4-5-11-25-21)26-17-19-7-2-3-8-20(19)18-29-12-6-10-22(29)30;/h2-5,7-9,11H,6,10,12-18H2,1H3,(H,24,26);1H. The molecule has 2 aliphatic heterocycles. The third-order valence-electron chi connectivity index (χ3n) is 5.85. The number of hydrogen-bond donors (Lipinski definition) is 1. The molecule has 7 nitrogen and oxygen atoms in total. The minimum absolute atomic E-state index is 0. The summed E-state index contributed by atoms with van der Waals surface area (Å²) in [6, 6.07) is 14.4. The van der Waals surface area contributed by atoms with Crippen LogP contribution >= 0.6 is 24.0 Å². The second-order valence-corrected chi connectivity index (χ2v) is 7.75. The summed E-state index contributed by atoms with van der Waals surface area (Å²) in [5.74, 6) is 2.22. The van der Waals surface area contributed by atoms with Gasteiger partial charge in [0.05, 0.1) is 0 Å². The van der Waals surface area contributed by atoms with Crippen molar-refractivity contribution in [3.05, 3.63) is 59.8 Å². The largest absolute Gasteiger partial charge is 0.353 e. The molecule has 166 valence electrons. The van der Waals surface area contributed by atoms with Crippen LogP contribution in [0.5, 0.6) is 0 Å². The monoisotopic (exact) mass is 534 g/mol. The first-order valence-corrected chi connectivity index (χ1v) is 10.7. The van der Waals surface area contributed by atoms with Gasteiger partial charge in [0.1, 0.15) is 5.82 Å². The van der Waals surface area contributed by atoms with Gasteiger partial charge in [0.2, 0.25) is 5.91 Å². The summed E-state index contributed by atoms with van der Waals surface area (Å²) in [5, 5.41) is 3.52. The number of nitrogens with zero attached hydrogens (tertiary/aromatic N) is 5. The maximum atomic E-state index is 12.0. The molecular weight excluding hydrogens is 503 g/mol. The predicted molar refractivity (Wildman–Crippen MR) is 135 cm³/mol. The number of carbonyl (C=O) groups excluding carboxylic acids is 1. The summed E-state index contributed by atoms with van der Waals surface area (Å²) in [5.41, 5.74) is 2.42. The Morgan fingerprint density at radius 3 is 2.42 bits per heavy atom. The van der Waals surface area contributed by atoms with E-state index in [1.54, 1.807) is 0 Å². The van der Waals surface area contributed by atoms with Crippen LogP contribution < -0.4 is 10.2 Å². The number of likely N-dealkylation sites (tertiary alicyclic amines) is 1. The van der Waals surface area contributed by atoms with Crippen LogP contribution in [0.2, 0.25) is 0 Å². The van der Waals surface area contributed by atoms with Crippen molar-refractivity contribution in [2.75, 3.05) is 44.7 Å². The third kappa shape index (κ3) is 5.87. The molecule has 0 aliphatic carbocycles. The molecule has 8 heteroatoms. The van der Waals surface area contributed by atoms with Crippen LogP contribution in [0.4, 0.5) is 5.82 Å². The van der Waals surface area contributed by atoms with Gasteiger partial charge in [0.15, 0.2) is 5.96 Å². The van der Waals surface area contributed by atoms with Crippen LogP contribution in [-0.2, 0) is 17.9 Å². The molecule has 2 aliphatic rings. The molecule has 1 N–H and O–H groups in total. The average Bonchev–Trinajstić information content (AvgIpc) is 3.20. The van der Waals surface area contributed by atoms with Crippen molar-refractivity contribution in [1.82, 2.24) is 20.1 Å². The predicted octanol–water partition coefficient (Wildman–Crippen LogP) is 2.72. The van der Waals surface area contributed by atoms with Gasteiger partial charge in [-0.15, -0.1) is 24.0 Å². The highest BCUT2D eigenvalue weighted by Gasteiger charge is 2.22. The number of piperazine rings is 1. The topological polar surface area (TPSA) is 64.1 Å². The van der Waals surface area contributed by atoms with Gasteiger partial charge in [-0.3, -0.25) is 9.79 Å². The lowest BCUT2D eigenvalue weighted by Crippen LogP contribution is -2.52. The van der Waals surface area contributed by atoms with Crippen molar-refractivity contribution >= 4 is 41.7 Å². The van der Waals surface area contributed by atoms with Crippen molar-refractivity contribution in [2.24, 2.45) is 4.99 Å². The van der Waals surface area contributed by atoms with Crippen molar-refractivity contribution in [2.45, 2.75) is 25.9 Å². The number of aromatic nitrogens is 1. The fourth-order valence-electron chi connectivity index (χ4n) is 4.16. The number of pyridine rings is 1. The number of carbonyl (C=O) groups is 1. The molecule has 0 spiro atoms. The van der Waals surface area contributed by atoms with Crippen LogP contribution in [0.1, 0.15) is 24.0 Å². The van der Waals surface area contributed by atoms with Crippen molar-refractivity contribution in [1.29, 1.82) is 0 Å². The van der Waals surface area contributed by atoms with Gasteiger partial charge in [0.25, 0.3) is 0 Å². The lowest BCUT2D eigenvalue weighted by atomic mass is 10.1. The molecule has 0 saturated carbocycles. The van der Waals surface area contributed by atoms with E-state index < -0.39 is 0 Å². The first-order valence-electron chi connectivity index (χ1n) is 10.7. The number of amides is 1. The number of benzene rings is 1. The third-order valence-corrected chi connectivity index (χ3v) is 5.85. The smallest absolute Gasteiger partial charge is 0.222 e. The van der Waals surface area contributed by atoms with Gasteiger partial charge in [-0.25, -0.2) is 4.98 Å². The van der Waals surface area contributed by atoms with E-state index >= 15 is 0 Å². The Bertz CT molecular complexity index is 883. The van der Waals surface area contributed by atoms with Crippen molar-refractivity contribution in [3.8, 4) is 0 Å². The molecule has 2 fully saturated rings. The van der Waals surface area contributed by atoms with E-state index in [1.165, 1.54) is 11.1 Å². The van der Waals surface area contributed by atoms with Crippen molar-refractivity contribution in [3.63, 3.8) is 0 Å². The summed E-state index contributed by atoms with van der Waals surface area (Å²) in [6.07, 6.45) is 3.49. The second-order valence-electron chi connectivity index (χ2n) is 7.75. The van der Waals surface area contributed by atoms with E-state index in [0.717, 1.165) is 50.9 Å². The fourth-order valence-corrected chi connectivity index (χ4v) is 4.16. The Morgan fingerprint density at radius 1 is 1.03 bits per heavy atom. The van der Waals surface area contributed by atoms with E-state index in [0.29, 0.717) is 19.5 Å². The van der Waals surface area contributed by atoms with E-state index in [9.17, 15) is 4.79 Å². The number of aliphatic imine (C=N–C) groups is 1. The molecule has 4 rings (SSSR count). The lowest BCUT2D eigenvalue weighted by molar-refractivity contribution is -0.128. The zero-order valence-electron chi connectivity index (χ0n) is 18.0. The van der Waals surface area contributed by atoms with Crippen LogP contribution in [0.25, 0.3) is 0 Å². The molecule has 0 bridgehead atoms. The maximum Gasteiger partial charge on any atom is 0.222 e. The Balaban J connectivity index is 0.00000272. The van der Waals surface area contributed by atoms with E-state index in [-0.39, 0.29) is 29.9 Å². The lowest BCUT2D eigenvalue weighted by Gasteiger charge is -2.37. The Labute approximate surface area is 201 Å². The summed E-state index contributed by atoms with van der Waals surface area (Å²) in [6.45, 7) is 5.91. The first-order chi connectivity index (χ1) is 14.7. The zero-order chi connectivity index (χ0) is 20.8. The Kier molecular flexibility index (Phi) is 8.51. The minimum atomic E-state index is 0. The Hall–Kier alpha value is -2.36. The van der Waals surface area contributed by atoms with E-state index in [2.05, 4.69) is 49.4 Å². The summed E-state index contributed by atoms with van der Waals surface area (Å²) < 4.78 is 0. The maximum absolute atomic E-state index is 12.0. The van der Waals surface area contributed by atoms with Crippen molar-refractivity contribution < 1.29 is 4.79 Å². The molecule has 0 unspecified atom stereocenters. The highest BCUT2D eigenvalue weighted by molar-refractivity contribution is 14.0. The van der Waals surface area contributed by atoms with Crippen LogP contribution in [-0.4, -0.2) is 66.4 Å². The average molecular weight is 534 g/mol. The highest BCUT2D eigenvalue weighted by Crippen LogP contribution is 2.17. The molecule has 2 aromatic rings. The molecule has 1 aromatic heterocycles. The van der Waals surface area contributed by atoms with Gasteiger partial charge in [-0.05, 0) is 29.7 Å². The SMILES string of the molecule is CN=C(NCc1ccccc1CN1CCCC1=O)N1CCN(c2ccccn2)CC1.I. The van der Waals surface area contributed by atoms with Crippen LogP contribution in [0.3, 0.4) is 0 Å². The molecule has 2 saturated heterocycles. The molecule has 0 radical (unpaired) electrons. The summed E-state index contributed by atoms with van der Waals surface area (Å²) in [7, 11) is 1.84. The van der Waals surface area contributed by atoms with E-state index in [1.807, 2.05) is 36.3 Å². The number of rotatable bonds is 5. The van der Waals surface area contributed by atoms with Gasteiger partial charge < -0.3 is 20.0 Å². The summed E-state index contributed by atoms with van der Waals surface area (Å²) in [4.78, 5) is 27.5. The first kappa shape index (κ1) is 23.3.